The van der Waals surface area contributed by atoms with Gasteiger partial charge in [-0.15, -0.1) is 0 Å². The molecule has 0 aliphatic carbocycles. The number of nitrogens with one attached hydrogen (secondary N) is 1. The molecule has 1 heterocycles. The molecule has 2 aromatic carbocycles. The Hall–Kier alpha value is -2.66. The number of aromatic nitrogens is 2. The van der Waals surface area contributed by atoms with Crippen LogP contribution in [0.1, 0.15) is 23.4 Å². The average molecular weight is 378 g/mol. The summed E-state index contributed by atoms with van der Waals surface area (Å²) in [7, 11) is 0. The first-order chi connectivity index (χ1) is 13.1. The third-order valence-electron chi connectivity index (χ3n) is 4.47. The van der Waals surface area contributed by atoms with Crippen molar-refractivity contribution in [3.05, 3.63) is 71.5 Å². The molecule has 1 aromatic heterocycles. The zero-order valence-corrected chi connectivity index (χ0v) is 16.6. The Morgan fingerprint density at radius 2 is 1.59 bits per heavy atom. The molecule has 3 rings (SSSR count). The van der Waals surface area contributed by atoms with Crippen LogP contribution < -0.4 is 5.32 Å². The summed E-state index contributed by atoms with van der Waals surface area (Å²) in [4.78, 5) is 21.5. The minimum Gasteiger partial charge on any atom is -0.326 e. The van der Waals surface area contributed by atoms with Crippen molar-refractivity contribution in [3.8, 4) is 11.1 Å². The minimum absolute atomic E-state index is 0.00822. The van der Waals surface area contributed by atoms with Crippen LogP contribution in [-0.4, -0.2) is 22.1 Å². The molecule has 0 aliphatic rings. The Bertz CT molecular complexity index is 918. The van der Waals surface area contributed by atoms with Gasteiger partial charge in [-0.1, -0.05) is 60.3 Å². The molecule has 1 amide bonds. The zero-order chi connectivity index (χ0) is 19.2. The molecule has 0 fully saturated rings. The van der Waals surface area contributed by atoms with Crippen LogP contribution in [0.5, 0.6) is 0 Å². The van der Waals surface area contributed by atoms with E-state index < -0.39 is 0 Å². The van der Waals surface area contributed by atoms with E-state index in [0.717, 1.165) is 38.9 Å². The molecule has 0 saturated carbocycles. The van der Waals surface area contributed by atoms with Gasteiger partial charge in [-0.3, -0.25) is 4.79 Å². The molecule has 5 heteroatoms. The second-order valence-corrected chi connectivity index (χ2v) is 7.09. The molecule has 0 aliphatic heterocycles. The molecule has 1 N–H and O–H groups in total. The van der Waals surface area contributed by atoms with Gasteiger partial charge in [-0.05, 0) is 43.7 Å². The molecule has 0 saturated heterocycles. The van der Waals surface area contributed by atoms with E-state index in [1.165, 1.54) is 11.8 Å². The largest absolute Gasteiger partial charge is 0.326 e. The molecular weight excluding hydrogens is 354 g/mol. The predicted molar refractivity (Wildman–Crippen MR) is 112 cm³/mol. The third kappa shape index (κ3) is 4.74. The number of anilines is 1. The number of aryl methyl sites for hydroxylation is 2. The highest BCUT2D eigenvalue weighted by atomic mass is 32.2. The van der Waals surface area contributed by atoms with Gasteiger partial charge >= 0.3 is 0 Å². The van der Waals surface area contributed by atoms with E-state index in [2.05, 4.69) is 15.3 Å². The maximum Gasteiger partial charge on any atom is 0.224 e. The summed E-state index contributed by atoms with van der Waals surface area (Å²) < 4.78 is 0. The standard InChI is InChI=1S/C22H23N3OS/c1-15-18(16(2)24-22(23-15)27-3)13-14-21(26)25-20-12-8-7-11-19(20)17-9-5-4-6-10-17/h4-12H,13-14H2,1-3H3,(H,25,26). The van der Waals surface area contributed by atoms with Gasteiger partial charge in [0, 0.05) is 29.1 Å². The van der Waals surface area contributed by atoms with E-state index >= 15 is 0 Å². The molecule has 0 unspecified atom stereocenters. The number of thioether (sulfide) groups is 1. The molecule has 0 radical (unpaired) electrons. The molecule has 0 spiro atoms. The first-order valence-electron chi connectivity index (χ1n) is 8.91. The Kier molecular flexibility index (Phi) is 6.24. The van der Waals surface area contributed by atoms with E-state index in [1.807, 2.05) is 74.7 Å². The lowest BCUT2D eigenvalue weighted by Crippen LogP contribution is -2.14. The van der Waals surface area contributed by atoms with Gasteiger partial charge in [0.2, 0.25) is 5.91 Å². The van der Waals surface area contributed by atoms with Crippen LogP contribution in [-0.2, 0) is 11.2 Å². The smallest absolute Gasteiger partial charge is 0.224 e. The summed E-state index contributed by atoms with van der Waals surface area (Å²) in [6.07, 6.45) is 2.99. The number of para-hydroxylation sites is 1. The van der Waals surface area contributed by atoms with Gasteiger partial charge < -0.3 is 5.32 Å². The first-order valence-corrected chi connectivity index (χ1v) is 10.1. The van der Waals surface area contributed by atoms with Crippen molar-refractivity contribution < 1.29 is 4.79 Å². The third-order valence-corrected chi connectivity index (χ3v) is 5.02. The van der Waals surface area contributed by atoms with E-state index in [-0.39, 0.29) is 5.91 Å². The summed E-state index contributed by atoms with van der Waals surface area (Å²) in [6.45, 7) is 3.96. The number of carbonyl (C=O) groups excluding carboxylic acids is 1. The Morgan fingerprint density at radius 3 is 2.26 bits per heavy atom. The van der Waals surface area contributed by atoms with E-state index in [9.17, 15) is 4.79 Å². The lowest BCUT2D eigenvalue weighted by Gasteiger charge is -2.13. The van der Waals surface area contributed by atoms with Crippen molar-refractivity contribution in [2.24, 2.45) is 0 Å². The number of hydrogen-bond acceptors (Lipinski definition) is 4. The van der Waals surface area contributed by atoms with Gasteiger partial charge in [0.05, 0.1) is 0 Å². The Morgan fingerprint density at radius 1 is 0.963 bits per heavy atom. The van der Waals surface area contributed by atoms with Crippen LogP contribution in [0.2, 0.25) is 0 Å². The van der Waals surface area contributed by atoms with Crippen molar-refractivity contribution in [2.75, 3.05) is 11.6 Å². The molecule has 0 bridgehead atoms. The fourth-order valence-electron chi connectivity index (χ4n) is 3.07. The SMILES string of the molecule is CSc1nc(C)c(CCC(=O)Nc2ccccc2-c2ccccc2)c(C)n1. The van der Waals surface area contributed by atoms with Gasteiger partial charge in [-0.25, -0.2) is 9.97 Å². The Balaban J connectivity index is 1.71. The Labute approximate surface area is 164 Å². The van der Waals surface area contributed by atoms with Gasteiger partial charge in [0.15, 0.2) is 5.16 Å². The quantitative estimate of drug-likeness (QED) is 0.482. The van der Waals surface area contributed by atoms with Gasteiger partial charge in [0.25, 0.3) is 0 Å². The minimum atomic E-state index is -0.00822. The molecular formula is C22H23N3OS. The topological polar surface area (TPSA) is 54.9 Å². The van der Waals surface area contributed by atoms with Crippen molar-refractivity contribution in [1.82, 2.24) is 9.97 Å². The molecule has 27 heavy (non-hydrogen) atoms. The summed E-state index contributed by atoms with van der Waals surface area (Å²) >= 11 is 1.53. The lowest BCUT2D eigenvalue weighted by atomic mass is 10.0. The van der Waals surface area contributed by atoms with E-state index in [0.29, 0.717) is 12.8 Å². The highest BCUT2D eigenvalue weighted by Crippen LogP contribution is 2.27. The highest BCUT2D eigenvalue weighted by Gasteiger charge is 2.12. The lowest BCUT2D eigenvalue weighted by molar-refractivity contribution is -0.116. The normalized spacial score (nSPS) is 10.6. The monoisotopic (exact) mass is 377 g/mol. The number of amides is 1. The van der Waals surface area contributed by atoms with Crippen LogP contribution in [0.4, 0.5) is 5.69 Å². The van der Waals surface area contributed by atoms with Gasteiger partial charge in [0.1, 0.15) is 0 Å². The summed E-state index contributed by atoms with van der Waals surface area (Å²) in [5, 5.41) is 3.83. The fourth-order valence-corrected chi connectivity index (χ4v) is 3.53. The predicted octanol–water partition coefficient (Wildman–Crippen LogP) is 5.05. The van der Waals surface area contributed by atoms with Crippen LogP contribution in [0, 0.1) is 13.8 Å². The zero-order valence-electron chi connectivity index (χ0n) is 15.8. The maximum absolute atomic E-state index is 12.6. The molecule has 4 nitrogen and oxygen atoms in total. The molecule has 0 atom stereocenters. The van der Waals surface area contributed by atoms with Crippen molar-refractivity contribution in [2.45, 2.75) is 31.8 Å². The van der Waals surface area contributed by atoms with E-state index in [1.54, 1.807) is 0 Å². The summed E-state index contributed by atoms with van der Waals surface area (Å²) in [6, 6.07) is 17.9. The fraction of sp³-hybridized carbons (Fsp3) is 0.227. The van der Waals surface area contributed by atoms with Crippen LogP contribution in [0.3, 0.4) is 0 Å². The second-order valence-electron chi connectivity index (χ2n) is 6.32. The number of rotatable bonds is 6. The van der Waals surface area contributed by atoms with Crippen LogP contribution in [0.25, 0.3) is 11.1 Å². The van der Waals surface area contributed by atoms with Crippen molar-refractivity contribution >= 4 is 23.4 Å². The van der Waals surface area contributed by atoms with Crippen molar-refractivity contribution in [3.63, 3.8) is 0 Å². The first kappa shape index (κ1) is 19.1. The van der Waals surface area contributed by atoms with Crippen LogP contribution in [0.15, 0.2) is 59.8 Å². The number of nitrogens with zero attached hydrogens (tertiary/aromatic N) is 2. The molecule has 138 valence electrons. The second kappa shape index (κ2) is 8.82. The van der Waals surface area contributed by atoms with E-state index in [4.69, 9.17) is 0 Å². The van der Waals surface area contributed by atoms with Crippen molar-refractivity contribution in [1.29, 1.82) is 0 Å². The number of carbonyl (C=O) groups is 1. The summed E-state index contributed by atoms with van der Waals surface area (Å²) in [5.74, 6) is -0.00822. The van der Waals surface area contributed by atoms with Gasteiger partial charge in [-0.2, -0.15) is 0 Å². The number of benzene rings is 2. The summed E-state index contributed by atoms with van der Waals surface area (Å²) in [5.41, 5.74) is 5.89. The average Bonchev–Trinajstić information content (AvgIpc) is 2.68. The highest BCUT2D eigenvalue weighted by molar-refractivity contribution is 7.98. The van der Waals surface area contributed by atoms with Crippen LogP contribution >= 0.6 is 11.8 Å². The number of hydrogen-bond donors (Lipinski definition) is 1. The molecule has 3 aromatic rings. The maximum atomic E-state index is 12.6.